The molecule has 0 spiro atoms. The molecule has 3 N–H and O–H groups in total. The van der Waals surface area contributed by atoms with Crippen molar-refractivity contribution in [2.24, 2.45) is 5.73 Å². The van der Waals surface area contributed by atoms with Gasteiger partial charge in [0.25, 0.3) is 0 Å². The van der Waals surface area contributed by atoms with Crippen molar-refractivity contribution in [2.75, 3.05) is 6.54 Å². The van der Waals surface area contributed by atoms with E-state index in [1.54, 1.807) is 6.20 Å². The van der Waals surface area contributed by atoms with E-state index in [9.17, 15) is 0 Å². The summed E-state index contributed by atoms with van der Waals surface area (Å²) in [5.74, 6) is 0. The number of nitrogens with one attached hydrogen (secondary N) is 1. The van der Waals surface area contributed by atoms with Gasteiger partial charge in [0.05, 0.1) is 0 Å². The molecule has 0 bridgehead atoms. The molecule has 0 radical (unpaired) electrons. The van der Waals surface area contributed by atoms with Gasteiger partial charge in [-0.25, -0.2) is 0 Å². The molecule has 14 heavy (non-hydrogen) atoms. The summed E-state index contributed by atoms with van der Waals surface area (Å²) >= 11 is 0. The van der Waals surface area contributed by atoms with E-state index in [2.05, 4.69) is 16.4 Å². The number of rotatable bonds is 3. The van der Waals surface area contributed by atoms with Gasteiger partial charge in [0.2, 0.25) is 0 Å². The molecule has 2 heterocycles. The normalized spacial score (nSPS) is 23.6. The van der Waals surface area contributed by atoms with Crippen LogP contribution in [-0.4, -0.2) is 23.6 Å². The minimum atomic E-state index is 0.224. The topological polar surface area (TPSA) is 50.9 Å². The quantitative estimate of drug-likeness (QED) is 0.739. The fourth-order valence-electron chi connectivity index (χ4n) is 2.01. The van der Waals surface area contributed by atoms with Crippen LogP contribution in [0.15, 0.2) is 24.5 Å². The first-order valence-electron chi connectivity index (χ1n) is 5.24. The zero-order chi connectivity index (χ0) is 9.80. The molecule has 1 saturated heterocycles. The molecule has 3 heteroatoms. The van der Waals surface area contributed by atoms with Gasteiger partial charge < -0.3 is 11.1 Å². The molecule has 0 saturated carbocycles. The predicted molar refractivity (Wildman–Crippen MR) is 56.9 cm³/mol. The maximum Gasteiger partial charge on any atom is 0.0300 e. The molecule has 1 fully saturated rings. The molecular weight excluding hydrogens is 174 g/mol. The Morgan fingerprint density at radius 2 is 2.57 bits per heavy atom. The van der Waals surface area contributed by atoms with Gasteiger partial charge in [-0.15, -0.1) is 0 Å². The summed E-state index contributed by atoms with van der Waals surface area (Å²) in [5, 5.41) is 3.43. The molecule has 2 rings (SSSR count). The van der Waals surface area contributed by atoms with Gasteiger partial charge in [0, 0.05) is 24.5 Å². The molecule has 1 aromatic heterocycles. The minimum absolute atomic E-state index is 0.224. The Morgan fingerprint density at radius 3 is 3.21 bits per heavy atom. The lowest BCUT2D eigenvalue weighted by atomic mass is 10.0. The van der Waals surface area contributed by atoms with Crippen LogP contribution < -0.4 is 11.1 Å². The maximum absolute atomic E-state index is 6.12. The van der Waals surface area contributed by atoms with E-state index in [-0.39, 0.29) is 6.04 Å². The highest BCUT2D eigenvalue weighted by atomic mass is 15.0. The zero-order valence-electron chi connectivity index (χ0n) is 8.32. The van der Waals surface area contributed by atoms with Crippen molar-refractivity contribution in [3.63, 3.8) is 0 Å². The van der Waals surface area contributed by atoms with Gasteiger partial charge in [0.15, 0.2) is 0 Å². The van der Waals surface area contributed by atoms with Crippen LogP contribution in [0.1, 0.15) is 18.4 Å². The standard InChI is InChI=1S/C11H17N3/c12-10(11-4-2-6-14-11)7-9-3-1-5-13-8-9/h1,3,5,8,10-11,14H,2,4,6-7,12H2. The van der Waals surface area contributed by atoms with Crippen molar-refractivity contribution >= 4 is 0 Å². The lowest BCUT2D eigenvalue weighted by Crippen LogP contribution is -2.42. The van der Waals surface area contributed by atoms with E-state index in [1.165, 1.54) is 18.4 Å². The summed E-state index contributed by atoms with van der Waals surface area (Å²) in [5.41, 5.74) is 7.35. The molecule has 3 nitrogen and oxygen atoms in total. The number of aromatic nitrogens is 1. The van der Waals surface area contributed by atoms with Crippen LogP contribution in [0, 0.1) is 0 Å². The molecular formula is C11H17N3. The number of hydrogen-bond acceptors (Lipinski definition) is 3. The van der Waals surface area contributed by atoms with Gasteiger partial charge >= 0.3 is 0 Å². The molecule has 1 aromatic rings. The molecule has 0 aliphatic carbocycles. The van der Waals surface area contributed by atoms with Gasteiger partial charge in [-0.2, -0.15) is 0 Å². The molecule has 1 aliphatic heterocycles. The van der Waals surface area contributed by atoms with Crippen LogP contribution in [0.4, 0.5) is 0 Å². The second kappa shape index (κ2) is 4.53. The number of nitrogens with two attached hydrogens (primary N) is 1. The summed E-state index contributed by atoms with van der Waals surface area (Å²) in [6, 6.07) is 4.77. The monoisotopic (exact) mass is 191 g/mol. The third-order valence-corrected chi connectivity index (χ3v) is 2.81. The Labute approximate surface area is 84.7 Å². The van der Waals surface area contributed by atoms with E-state index in [1.807, 2.05) is 12.3 Å². The summed E-state index contributed by atoms with van der Waals surface area (Å²) < 4.78 is 0. The molecule has 1 aliphatic rings. The minimum Gasteiger partial charge on any atom is -0.326 e. The van der Waals surface area contributed by atoms with Crippen LogP contribution in [-0.2, 0) is 6.42 Å². The Hall–Kier alpha value is -0.930. The maximum atomic E-state index is 6.12. The van der Waals surface area contributed by atoms with E-state index in [0.29, 0.717) is 6.04 Å². The Bertz CT molecular complexity index is 267. The number of pyridine rings is 1. The van der Waals surface area contributed by atoms with Crippen LogP contribution in [0.2, 0.25) is 0 Å². The van der Waals surface area contributed by atoms with Gasteiger partial charge in [-0.1, -0.05) is 6.07 Å². The van der Waals surface area contributed by atoms with Crippen molar-refractivity contribution < 1.29 is 0 Å². The van der Waals surface area contributed by atoms with Crippen LogP contribution in [0.25, 0.3) is 0 Å². The fourth-order valence-corrected chi connectivity index (χ4v) is 2.01. The average Bonchev–Trinajstić information content (AvgIpc) is 2.72. The SMILES string of the molecule is NC(Cc1cccnc1)C1CCCN1. The molecule has 2 unspecified atom stereocenters. The van der Waals surface area contributed by atoms with E-state index in [0.717, 1.165) is 13.0 Å². The number of hydrogen-bond donors (Lipinski definition) is 2. The summed E-state index contributed by atoms with van der Waals surface area (Å²) in [4.78, 5) is 4.09. The largest absolute Gasteiger partial charge is 0.326 e. The highest BCUT2D eigenvalue weighted by Crippen LogP contribution is 2.11. The van der Waals surface area contributed by atoms with Crippen molar-refractivity contribution in [1.82, 2.24) is 10.3 Å². The second-order valence-corrected chi connectivity index (χ2v) is 3.93. The van der Waals surface area contributed by atoms with Crippen LogP contribution >= 0.6 is 0 Å². The Kier molecular flexibility index (Phi) is 3.11. The van der Waals surface area contributed by atoms with Crippen molar-refractivity contribution in [1.29, 1.82) is 0 Å². The lowest BCUT2D eigenvalue weighted by Gasteiger charge is -2.18. The van der Waals surface area contributed by atoms with Gasteiger partial charge in [-0.05, 0) is 37.4 Å². The van der Waals surface area contributed by atoms with Crippen molar-refractivity contribution in [3.05, 3.63) is 30.1 Å². The number of nitrogens with zero attached hydrogens (tertiary/aromatic N) is 1. The van der Waals surface area contributed by atoms with E-state index < -0.39 is 0 Å². The van der Waals surface area contributed by atoms with Crippen molar-refractivity contribution in [2.45, 2.75) is 31.3 Å². The molecule has 76 valence electrons. The average molecular weight is 191 g/mol. The smallest absolute Gasteiger partial charge is 0.0300 e. The fraction of sp³-hybridized carbons (Fsp3) is 0.545. The molecule has 0 aromatic carbocycles. The third kappa shape index (κ3) is 2.30. The van der Waals surface area contributed by atoms with Gasteiger partial charge in [-0.3, -0.25) is 4.98 Å². The van der Waals surface area contributed by atoms with Crippen molar-refractivity contribution in [3.8, 4) is 0 Å². The first-order chi connectivity index (χ1) is 6.86. The van der Waals surface area contributed by atoms with Gasteiger partial charge in [0.1, 0.15) is 0 Å². The van der Waals surface area contributed by atoms with E-state index in [4.69, 9.17) is 5.73 Å². The summed E-state index contributed by atoms with van der Waals surface area (Å²) in [7, 11) is 0. The zero-order valence-corrected chi connectivity index (χ0v) is 8.32. The van der Waals surface area contributed by atoms with Crippen LogP contribution in [0.5, 0.6) is 0 Å². The Balaban J connectivity index is 1.90. The molecule has 0 amide bonds. The third-order valence-electron chi connectivity index (χ3n) is 2.81. The van der Waals surface area contributed by atoms with Crippen LogP contribution in [0.3, 0.4) is 0 Å². The lowest BCUT2D eigenvalue weighted by molar-refractivity contribution is 0.481. The first-order valence-corrected chi connectivity index (χ1v) is 5.24. The first kappa shape index (κ1) is 9.62. The summed E-state index contributed by atoms with van der Waals surface area (Å²) in [6.45, 7) is 1.12. The Morgan fingerprint density at radius 1 is 1.64 bits per heavy atom. The second-order valence-electron chi connectivity index (χ2n) is 3.93. The summed E-state index contributed by atoms with van der Waals surface area (Å²) in [6.07, 6.45) is 7.08. The highest BCUT2D eigenvalue weighted by molar-refractivity contribution is 5.11. The molecule has 2 atom stereocenters. The predicted octanol–water partition coefficient (Wildman–Crippen LogP) is 0.703. The van der Waals surface area contributed by atoms with E-state index >= 15 is 0 Å². The highest BCUT2D eigenvalue weighted by Gasteiger charge is 2.21.